The molecule has 1 aliphatic carbocycles. The summed E-state index contributed by atoms with van der Waals surface area (Å²) in [5, 5.41) is 2.28. The van der Waals surface area contributed by atoms with Crippen molar-refractivity contribution in [2.24, 2.45) is 5.92 Å². The molecule has 0 bridgehead atoms. The maximum Gasteiger partial charge on any atom is 0.407 e. The number of hydrogen-bond acceptors (Lipinski definition) is 4. The van der Waals surface area contributed by atoms with Crippen molar-refractivity contribution in [1.29, 1.82) is 0 Å². The second-order valence-electron chi connectivity index (χ2n) is 8.97. The molecule has 0 aromatic heterocycles. The van der Waals surface area contributed by atoms with Gasteiger partial charge in [0.05, 0.1) is 0 Å². The van der Waals surface area contributed by atoms with Crippen molar-refractivity contribution in [1.82, 2.24) is 5.32 Å². The first-order valence-corrected chi connectivity index (χ1v) is 11.4. The molecular formula is C27H22F5NO4. The fourth-order valence-electron chi connectivity index (χ4n) is 4.31. The lowest BCUT2D eigenvalue weighted by atomic mass is 9.98. The van der Waals surface area contributed by atoms with Gasteiger partial charge in [-0.05, 0) is 34.6 Å². The average molecular weight is 519 g/mol. The van der Waals surface area contributed by atoms with E-state index in [1.807, 2.05) is 48.5 Å². The van der Waals surface area contributed by atoms with Crippen molar-refractivity contribution in [3.8, 4) is 16.9 Å². The number of halogens is 5. The SMILES string of the molecule is CC(C)CC(NC(=O)OCC1c2ccccc2-c2ccccc21)C(=O)Oc1c(F)c(F)c(F)c(F)c1F. The highest BCUT2D eigenvalue weighted by Crippen LogP contribution is 2.44. The van der Waals surface area contributed by atoms with Crippen LogP contribution in [0, 0.1) is 35.0 Å². The molecule has 0 spiro atoms. The third-order valence-electron chi connectivity index (χ3n) is 6.00. The van der Waals surface area contributed by atoms with Gasteiger partial charge >= 0.3 is 12.1 Å². The van der Waals surface area contributed by atoms with Crippen LogP contribution in [-0.2, 0) is 9.53 Å². The van der Waals surface area contributed by atoms with Crippen molar-refractivity contribution >= 4 is 12.1 Å². The lowest BCUT2D eigenvalue weighted by molar-refractivity contribution is -0.137. The fourth-order valence-corrected chi connectivity index (χ4v) is 4.31. The topological polar surface area (TPSA) is 64.6 Å². The molecule has 0 saturated carbocycles. The molecule has 0 fully saturated rings. The summed E-state index contributed by atoms with van der Waals surface area (Å²) in [5.74, 6) is -15.1. The molecule has 0 radical (unpaired) electrons. The molecule has 4 rings (SSSR count). The van der Waals surface area contributed by atoms with E-state index in [-0.39, 0.29) is 24.9 Å². The number of benzene rings is 3. The Morgan fingerprint density at radius 3 is 1.81 bits per heavy atom. The number of fused-ring (bicyclic) bond motifs is 3. The van der Waals surface area contributed by atoms with Gasteiger partial charge in [0.15, 0.2) is 0 Å². The summed E-state index contributed by atoms with van der Waals surface area (Å²) in [7, 11) is 0. The summed E-state index contributed by atoms with van der Waals surface area (Å²) in [4.78, 5) is 25.2. The predicted molar refractivity (Wildman–Crippen MR) is 123 cm³/mol. The maximum absolute atomic E-state index is 14.0. The van der Waals surface area contributed by atoms with Crippen molar-refractivity contribution in [2.45, 2.75) is 32.2 Å². The van der Waals surface area contributed by atoms with Crippen LogP contribution in [0.5, 0.6) is 5.75 Å². The van der Waals surface area contributed by atoms with Crippen LogP contribution in [0.2, 0.25) is 0 Å². The first-order valence-electron chi connectivity index (χ1n) is 11.4. The number of carbonyl (C=O) groups excluding carboxylic acids is 2. The zero-order valence-electron chi connectivity index (χ0n) is 19.8. The standard InChI is InChI=1S/C27H22F5NO4/c1-13(2)11-19(26(34)37-25-23(31)21(29)20(28)22(30)24(25)32)33-27(35)36-12-18-16-9-5-3-7-14(16)15-8-4-6-10-17(15)18/h3-10,13,18-19H,11-12H2,1-2H3,(H,33,35). The summed E-state index contributed by atoms with van der Waals surface area (Å²) < 4.78 is 78.1. The number of rotatable bonds is 7. The Kier molecular flexibility index (Phi) is 7.47. The number of amides is 1. The molecule has 0 saturated heterocycles. The van der Waals surface area contributed by atoms with E-state index in [0.29, 0.717) is 0 Å². The van der Waals surface area contributed by atoms with Gasteiger partial charge in [-0.1, -0.05) is 62.4 Å². The largest absolute Gasteiger partial charge is 0.449 e. The molecule has 0 heterocycles. The Balaban J connectivity index is 1.48. The summed E-state index contributed by atoms with van der Waals surface area (Å²) in [6.45, 7) is 3.32. The molecule has 3 aromatic rings. The van der Waals surface area contributed by atoms with Gasteiger partial charge in [0.25, 0.3) is 0 Å². The van der Waals surface area contributed by atoms with E-state index in [1.54, 1.807) is 13.8 Å². The van der Waals surface area contributed by atoms with Crippen LogP contribution in [0.25, 0.3) is 11.1 Å². The molecule has 0 aliphatic heterocycles. The minimum Gasteiger partial charge on any atom is -0.449 e. The van der Waals surface area contributed by atoms with Gasteiger partial charge in [0, 0.05) is 5.92 Å². The first-order chi connectivity index (χ1) is 17.6. The predicted octanol–water partition coefficient (Wildman–Crippen LogP) is 6.24. The molecule has 37 heavy (non-hydrogen) atoms. The van der Waals surface area contributed by atoms with E-state index in [9.17, 15) is 31.5 Å². The summed E-state index contributed by atoms with van der Waals surface area (Å²) in [5.41, 5.74) is 3.94. The van der Waals surface area contributed by atoms with E-state index in [2.05, 4.69) is 10.1 Å². The average Bonchev–Trinajstić information content (AvgIpc) is 3.20. The smallest absolute Gasteiger partial charge is 0.407 e. The van der Waals surface area contributed by atoms with E-state index in [1.165, 1.54) is 0 Å². The van der Waals surface area contributed by atoms with Crippen molar-refractivity contribution in [3.63, 3.8) is 0 Å². The van der Waals surface area contributed by atoms with Crippen LogP contribution in [0.3, 0.4) is 0 Å². The highest BCUT2D eigenvalue weighted by atomic mass is 19.2. The summed E-state index contributed by atoms with van der Waals surface area (Å²) in [6.07, 6.45) is -1.07. The maximum atomic E-state index is 14.0. The zero-order valence-corrected chi connectivity index (χ0v) is 19.8. The van der Waals surface area contributed by atoms with Crippen LogP contribution < -0.4 is 10.1 Å². The monoisotopic (exact) mass is 519 g/mol. The first kappa shape index (κ1) is 26.1. The Morgan fingerprint density at radius 2 is 1.30 bits per heavy atom. The molecule has 5 nitrogen and oxygen atoms in total. The molecule has 10 heteroatoms. The van der Waals surface area contributed by atoms with Gasteiger partial charge < -0.3 is 14.8 Å². The number of hydrogen-bond donors (Lipinski definition) is 1. The highest BCUT2D eigenvalue weighted by Gasteiger charge is 2.33. The lowest BCUT2D eigenvalue weighted by Crippen LogP contribution is -2.44. The normalized spacial score (nSPS) is 13.2. The number of esters is 1. The molecule has 1 N–H and O–H groups in total. The highest BCUT2D eigenvalue weighted by molar-refractivity contribution is 5.83. The van der Waals surface area contributed by atoms with Crippen LogP contribution in [0.15, 0.2) is 48.5 Å². The Bertz CT molecular complexity index is 1290. The second kappa shape index (κ2) is 10.6. The number of nitrogens with one attached hydrogen (secondary N) is 1. The molecule has 3 aromatic carbocycles. The number of ether oxygens (including phenoxy) is 2. The van der Waals surface area contributed by atoms with Crippen LogP contribution in [0.4, 0.5) is 26.7 Å². The third kappa shape index (κ3) is 5.14. The summed E-state index contributed by atoms with van der Waals surface area (Å²) >= 11 is 0. The van der Waals surface area contributed by atoms with E-state index < -0.39 is 52.9 Å². The van der Waals surface area contributed by atoms with Crippen molar-refractivity contribution in [3.05, 3.63) is 88.7 Å². The Labute approximate surface area is 209 Å². The van der Waals surface area contributed by atoms with Gasteiger partial charge in [-0.25, -0.2) is 22.8 Å². The van der Waals surface area contributed by atoms with E-state index >= 15 is 0 Å². The number of alkyl carbamates (subject to hydrolysis) is 1. The minimum absolute atomic E-state index is 0.0571. The molecule has 1 atom stereocenters. The molecular weight excluding hydrogens is 497 g/mol. The van der Waals surface area contributed by atoms with Gasteiger partial charge in [0.1, 0.15) is 12.6 Å². The molecule has 1 aliphatic rings. The van der Waals surface area contributed by atoms with Crippen LogP contribution >= 0.6 is 0 Å². The zero-order chi connectivity index (χ0) is 26.9. The quantitative estimate of drug-likeness (QED) is 0.132. The molecule has 1 unspecified atom stereocenters. The number of carbonyl (C=O) groups is 2. The van der Waals surface area contributed by atoms with E-state index in [0.717, 1.165) is 22.3 Å². The van der Waals surface area contributed by atoms with Crippen LogP contribution in [-0.4, -0.2) is 24.7 Å². The van der Waals surface area contributed by atoms with Gasteiger partial charge in [-0.2, -0.15) is 8.78 Å². The van der Waals surface area contributed by atoms with Gasteiger partial charge in [-0.15, -0.1) is 0 Å². The second-order valence-corrected chi connectivity index (χ2v) is 8.97. The third-order valence-corrected chi connectivity index (χ3v) is 6.00. The van der Waals surface area contributed by atoms with Crippen LogP contribution in [0.1, 0.15) is 37.3 Å². The van der Waals surface area contributed by atoms with Gasteiger partial charge in [-0.3, -0.25) is 0 Å². The molecule has 194 valence electrons. The van der Waals surface area contributed by atoms with Crippen molar-refractivity contribution < 1.29 is 41.0 Å². The van der Waals surface area contributed by atoms with E-state index in [4.69, 9.17) is 4.74 Å². The Morgan fingerprint density at radius 1 is 0.811 bits per heavy atom. The minimum atomic E-state index is -2.38. The Hall–Kier alpha value is -3.95. The molecule has 1 amide bonds. The van der Waals surface area contributed by atoms with Gasteiger partial charge in [0.2, 0.25) is 34.8 Å². The summed E-state index contributed by atoms with van der Waals surface area (Å²) in [6, 6.07) is 13.8. The fraction of sp³-hybridized carbons (Fsp3) is 0.259. The van der Waals surface area contributed by atoms with Crippen molar-refractivity contribution in [2.75, 3.05) is 6.61 Å². The lowest BCUT2D eigenvalue weighted by Gasteiger charge is -2.20.